The molecule has 2 aromatic carbocycles. The fraction of sp³-hybridized carbons (Fsp3) is 0.261. The molecule has 0 unspecified atom stereocenters. The van der Waals surface area contributed by atoms with Crippen molar-refractivity contribution >= 4 is 11.7 Å². The number of nitrogens with zero attached hydrogens (tertiary/aromatic N) is 3. The number of rotatable bonds is 8. The summed E-state index contributed by atoms with van der Waals surface area (Å²) in [5, 5.41) is 2.90. The highest BCUT2D eigenvalue weighted by atomic mass is 16.1. The lowest BCUT2D eigenvalue weighted by atomic mass is 10.1. The first-order chi connectivity index (χ1) is 13.6. The average molecular weight is 374 g/mol. The number of aromatic nitrogens is 2. The van der Waals surface area contributed by atoms with Gasteiger partial charge in [0, 0.05) is 19.1 Å². The lowest BCUT2D eigenvalue weighted by Gasteiger charge is -2.27. The standard InChI is InChI=1S/C23H26N4O/c1-18(2)27(17-20-11-7-4-8-12-20)22-16-25-21(15-26-22)23(28)24-14-13-19-9-5-3-6-10-19/h3-12,15-16,18H,13-14,17H2,1-2H3,(H,24,28). The molecule has 0 bridgehead atoms. The average Bonchev–Trinajstić information content (AvgIpc) is 2.73. The van der Waals surface area contributed by atoms with Gasteiger partial charge in [-0.2, -0.15) is 0 Å². The number of amides is 1. The molecule has 0 saturated heterocycles. The van der Waals surface area contributed by atoms with Crippen molar-refractivity contribution in [3.8, 4) is 0 Å². The fourth-order valence-electron chi connectivity index (χ4n) is 2.95. The largest absolute Gasteiger partial charge is 0.350 e. The highest BCUT2D eigenvalue weighted by Gasteiger charge is 2.14. The topological polar surface area (TPSA) is 58.1 Å². The second-order valence-electron chi connectivity index (χ2n) is 6.96. The van der Waals surface area contributed by atoms with Crippen LogP contribution in [0.4, 0.5) is 5.82 Å². The molecule has 5 nitrogen and oxygen atoms in total. The van der Waals surface area contributed by atoms with E-state index in [1.165, 1.54) is 11.1 Å². The van der Waals surface area contributed by atoms with Crippen molar-refractivity contribution in [3.63, 3.8) is 0 Å². The van der Waals surface area contributed by atoms with E-state index in [0.29, 0.717) is 12.2 Å². The van der Waals surface area contributed by atoms with E-state index in [0.717, 1.165) is 18.8 Å². The molecular weight excluding hydrogens is 348 g/mol. The summed E-state index contributed by atoms with van der Waals surface area (Å²) in [4.78, 5) is 23.3. The Kier molecular flexibility index (Phi) is 6.73. The summed E-state index contributed by atoms with van der Waals surface area (Å²) in [7, 11) is 0. The van der Waals surface area contributed by atoms with Gasteiger partial charge in [0.15, 0.2) is 0 Å². The molecule has 0 saturated carbocycles. The van der Waals surface area contributed by atoms with Crippen LogP contribution in [0.3, 0.4) is 0 Å². The van der Waals surface area contributed by atoms with Crippen LogP contribution in [0, 0.1) is 0 Å². The van der Waals surface area contributed by atoms with Crippen molar-refractivity contribution in [1.29, 1.82) is 0 Å². The van der Waals surface area contributed by atoms with E-state index in [9.17, 15) is 4.79 Å². The number of hydrogen-bond acceptors (Lipinski definition) is 4. The molecule has 0 atom stereocenters. The Labute approximate surface area is 166 Å². The molecule has 3 rings (SSSR count). The van der Waals surface area contributed by atoms with Crippen LogP contribution in [0.1, 0.15) is 35.5 Å². The predicted octanol–water partition coefficient (Wildman–Crippen LogP) is 3.86. The van der Waals surface area contributed by atoms with E-state index in [-0.39, 0.29) is 11.9 Å². The summed E-state index contributed by atoms with van der Waals surface area (Å²) >= 11 is 0. The number of carbonyl (C=O) groups excluding carboxylic acids is 1. The van der Waals surface area contributed by atoms with Crippen molar-refractivity contribution < 1.29 is 4.79 Å². The molecular formula is C23H26N4O. The molecule has 0 radical (unpaired) electrons. The molecule has 5 heteroatoms. The molecule has 144 valence electrons. The molecule has 0 aliphatic carbocycles. The van der Waals surface area contributed by atoms with Gasteiger partial charge in [0.1, 0.15) is 11.5 Å². The zero-order valence-corrected chi connectivity index (χ0v) is 16.4. The Balaban J connectivity index is 1.60. The first-order valence-electron chi connectivity index (χ1n) is 9.58. The molecule has 1 N–H and O–H groups in total. The monoisotopic (exact) mass is 374 g/mol. The van der Waals surface area contributed by atoms with Crippen LogP contribution < -0.4 is 10.2 Å². The summed E-state index contributed by atoms with van der Waals surface area (Å²) in [5.74, 6) is 0.564. The van der Waals surface area contributed by atoms with Crippen LogP contribution in [0.15, 0.2) is 73.1 Å². The van der Waals surface area contributed by atoms with Gasteiger partial charge in [-0.1, -0.05) is 60.7 Å². The highest BCUT2D eigenvalue weighted by Crippen LogP contribution is 2.17. The minimum absolute atomic E-state index is 0.200. The predicted molar refractivity (Wildman–Crippen MR) is 112 cm³/mol. The molecule has 1 amide bonds. The van der Waals surface area contributed by atoms with Gasteiger partial charge < -0.3 is 10.2 Å². The maximum Gasteiger partial charge on any atom is 0.271 e. The van der Waals surface area contributed by atoms with E-state index < -0.39 is 0 Å². The Hall–Kier alpha value is -3.21. The second kappa shape index (κ2) is 9.65. The molecule has 1 heterocycles. The fourth-order valence-corrected chi connectivity index (χ4v) is 2.95. The van der Waals surface area contributed by atoms with E-state index in [2.05, 4.69) is 46.2 Å². The Morgan fingerprint density at radius 1 is 0.929 bits per heavy atom. The van der Waals surface area contributed by atoms with Gasteiger partial charge >= 0.3 is 0 Å². The minimum atomic E-state index is -0.200. The lowest BCUT2D eigenvalue weighted by Crippen LogP contribution is -2.31. The molecule has 0 spiro atoms. The Morgan fingerprint density at radius 3 is 2.14 bits per heavy atom. The quantitative estimate of drug-likeness (QED) is 0.650. The van der Waals surface area contributed by atoms with E-state index in [1.54, 1.807) is 12.4 Å². The number of anilines is 1. The summed E-state index contributed by atoms with van der Waals surface area (Å²) < 4.78 is 0. The zero-order chi connectivity index (χ0) is 19.8. The van der Waals surface area contributed by atoms with E-state index >= 15 is 0 Å². The van der Waals surface area contributed by atoms with Crippen LogP contribution in [-0.2, 0) is 13.0 Å². The number of benzene rings is 2. The van der Waals surface area contributed by atoms with E-state index in [1.807, 2.05) is 48.5 Å². The van der Waals surface area contributed by atoms with Crippen LogP contribution in [-0.4, -0.2) is 28.5 Å². The number of carbonyl (C=O) groups is 1. The van der Waals surface area contributed by atoms with Gasteiger partial charge in [0.2, 0.25) is 0 Å². The number of nitrogens with one attached hydrogen (secondary N) is 1. The molecule has 28 heavy (non-hydrogen) atoms. The first-order valence-corrected chi connectivity index (χ1v) is 9.58. The normalized spacial score (nSPS) is 10.7. The molecule has 3 aromatic rings. The summed E-state index contributed by atoms with van der Waals surface area (Å²) in [6, 6.07) is 20.6. The Morgan fingerprint density at radius 2 is 1.57 bits per heavy atom. The van der Waals surface area contributed by atoms with Crippen LogP contribution in [0.2, 0.25) is 0 Å². The van der Waals surface area contributed by atoms with Gasteiger partial charge in [0.05, 0.1) is 12.4 Å². The van der Waals surface area contributed by atoms with Crippen molar-refractivity contribution in [2.24, 2.45) is 0 Å². The SMILES string of the molecule is CC(C)N(Cc1ccccc1)c1cnc(C(=O)NCCc2ccccc2)cn1. The third-order valence-electron chi connectivity index (χ3n) is 4.53. The summed E-state index contributed by atoms with van der Waals surface area (Å²) in [6.07, 6.45) is 4.01. The highest BCUT2D eigenvalue weighted by molar-refractivity contribution is 5.92. The molecule has 1 aromatic heterocycles. The smallest absolute Gasteiger partial charge is 0.271 e. The van der Waals surface area contributed by atoms with Crippen molar-refractivity contribution in [2.45, 2.75) is 32.9 Å². The third kappa shape index (κ3) is 5.39. The van der Waals surface area contributed by atoms with Gasteiger partial charge in [0.25, 0.3) is 5.91 Å². The molecule has 0 fully saturated rings. The maximum absolute atomic E-state index is 12.3. The van der Waals surface area contributed by atoms with Crippen LogP contribution >= 0.6 is 0 Å². The maximum atomic E-state index is 12.3. The molecule has 0 aliphatic rings. The summed E-state index contributed by atoms with van der Waals surface area (Å²) in [6.45, 7) is 5.55. The van der Waals surface area contributed by atoms with Crippen LogP contribution in [0.5, 0.6) is 0 Å². The van der Waals surface area contributed by atoms with Crippen molar-refractivity contribution in [1.82, 2.24) is 15.3 Å². The van der Waals surface area contributed by atoms with Gasteiger partial charge in [-0.3, -0.25) is 4.79 Å². The van der Waals surface area contributed by atoms with Crippen molar-refractivity contribution in [2.75, 3.05) is 11.4 Å². The van der Waals surface area contributed by atoms with Gasteiger partial charge in [-0.15, -0.1) is 0 Å². The Bertz CT molecular complexity index is 864. The van der Waals surface area contributed by atoms with Gasteiger partial charge in [-0.25, -0.2) is 9.97 Å². The number of hydrogen-bond donors (Lipinski definition) is 1. The molecule has 0 aliphatic heterocycles. The van der Waals surface area contributed by atoms with E-state index in [4.69, 9.17) is 0 Å². The first kappa shape index (κ1) is 19.5. The minimum Gasteiger partial charge on any atom is -0.350 e. The third-order valence-corrected chi connectivity index (χ3v) is 4.53. The summed E-state index contributed by atoms with van der Waals surface area (Å²) in [5.41, 5.74) is 2.73. The van der Waals surface area contributed by atoms with Crippen LogP contribution in [0.25, 0.3) is 0 Å². The van der Waals surface area contributed by atoms with Crippen molar-refractivity contribution in [3.05, 3.63) is 89.9 Å². The lowest BCUT2D eigenvalue weighted by molar-refractivity contribution is 0.0949. The van der Waals surface area contributed by atoms with Gasteiger partial charge in [-0.05, 0) is 31.4 Å². The second-order valence-corrected chi connectivity index (χ2v) is 6.96. The zero-order valence-electron chi connectivity index (χ0n) is 16.4.